The van der Waals surface area contributed by atoms with E-state index in [0.717, 1.165) is 18.6 Å². The highest BCUT2D eigenvalue weighted by Crippen LogP contribution is 2.39. The van der Waals surface area contributed by atoms with Gasteiger partial charge in [0, 0.05) is 30.7 Å². The summed E-state index contributed by atoms with van der Waals surface area (Å²) in [7, 11) is 0. The zero-order valence-electron chi connectivity index (χ0n) is 20.4. The van der Waals surface area contributed by atoms with E-state index in [1.54, 1.807) is 25.1 Å². The molecule has 0 saturated carbocycles. The average Bonchev–Trinajstić information content (AvgIpc) is 2.91. The summed E-state index contributed by atoms with van der Waals surface area (Å²) in [5.41, 5.74) is 7.54. The fourth-order valence-corrected chi connectivity index (χ4v) is 3.72. The molecule has 0 bridgehead atoms. The number of carbonyl (C=O) groups is 3. The lowest BCUT2D eigenvalue weighted by atomic mass is 9.93. The molecule has 1 heterocycles. The fourth-order valence-electron chi connectivity index (χ4n) is 3.72. The Morgan fingerprint density at radius 2 is 1.68 bits per heavy atom. The number of anilines is 1. The predicted octanol–water partition coefficient (Wildman–Crippen LogP) is 5.70. The van der Waals surface area contributed by atoms with Crippen molar-refractivity contribution in [1.29, 1.82) is 0 Å². The van der Waals surface area contributed by atoms with Gasteiger partial charge < -0.3 is 16.4 Å². The van der Waals surface area contributed by atoms with Crippen molar-refractivity contribution in [3.63, 3.8) is 0 Å². The van der Waals surface area contributed by atoms with Gasteiger partial charge in [-0.15, -0.1) is 0 Å². The van der Waals surface area contributed by atoms with Crippen molar-refractivity contribution in [3.05, 3.63) is 53.3 Å². The standard InChI is InChI=1S/C22H21F4N3O3.C3H5F3/c1-11-3-2-4-15-14-6-5-13(23)10-16(14)19(21(32)28-18(11)15)29-20(31)12(9-17(27)30)7-8-22(24,25)26;1-2-3(4,5)6/h2-6,10,12,19H,7-9H2,1H3,(H2,27,30)(H,28,32)(H,29,31);2H2,1H3. The Balaban J connectivity index is 0.000000757. The van der Waals surface area contributed by atoms with E-state index in [2.05, 4.69) is 10.6 Å². The van der Waals surface area contributed by atoms with E-state index in [-0.39, 0.29) is 5.56 Å². The molecule has 2 aromatic carbocycles. The number of para-hydroxylation sites is 1. The first kappa shape index (κ1) is 30.6. The molecule has 1 aliphatic heterocycles. The van der Waals surface area contributed by atoms with E-state index in [1.165, 1.54) is 12.1 Å². The van der Waals surface area contributed by atoms with Gasteiger partial charge in [-0.1, -0.05) is 31.2 Å². The monoisotopic (exact) mass is 549 g/mol. The molecule has 0 radical (unpaired) electrons. The number of primary amides is 1. The number of hydrogen-bond acceptors (Lipinski definition) is 3. The number of nitrogens with two attached hydrogens (primary N) is 1. The zero-order chi connectivity index (χ0) is 28.8. The number of rotatable bonds is 6. The number of carbonyl (C=O) groups excluding carboxylic acids is 3. The Morgan fingerprint density at radius 1 is 1.05 bits per heavy atom. The molecule has 1 aliphatic rings. The van der Waals surface area contributed by atoms with Gasteiger partial charge >= 0.3 is 12.4 Å². The first-order valence-corrected chi connectivity index (χ1v) is 11.4. The van der Waals surface area contributed by atoms with Gasteiger partial charge in [0.2, 0.25) is 11.8 Å². The number of aryl methyl sites for hydroxylation is 1. The van der Waals surface area contributed by atoms with Crippen molar-refractivity contribution < 1.29 is 45.1 Å². The van der Waals surface area contributed by atoms with Gasteiger partial charge in [-0.05, 0) is 42.2 Å². The predicted molar refractivity (Wildman–Crippen MR) is 125 cm³/mol. The van der Waals surface area contributed by atoms with E-state index in [1.807, 2.05) is 0 Å². The third-order valence-corrected chi connectivity index (χ3v) is 5.68. The molecule has 208 valence electrons. The van der Waals surface area contributed by atoms with E-state index in [4.69, 9.17) is 5.73 Å². The molecule has 4 N–H and O–H groups in total. The molecular weight excluding hydrogens is 523 g/mol. The molecule has 3 amide bonds. The van der Waals surface area contributed by atoms with Crippen LogP contribution < -0.4 is 16.4 Å². The summed E-state index contributed by atoms with van der Waals surface area (Å²) < 4.78 is 84.4. The molecule has 0 aliphatic carbocycles. The molecule has 2 atom stereocenters. The van der Waals surface area contributed by atoms with Crippen molar-refractivity contribution in [2.45, 2.75) is 57.9 Å². The fraction of sp³-hybridized carbons (Fsp3) is 0.400. The third kappa shape index (κ3) is 8.73. The van der Waals surface area contributed by atoms with Crippen LogP contribution in [0.15, 0.2) is 36.4 Å². The van der Waals surface area contributed by atoms with Gasteiger partial charge in [0.25, 0.3) is 5.91 Å². The molecule has 6 nitrogen and oxygen atoms in total. The van der Waals surface area contributed by atoms with Crippen molar-refractivity contribution in [2.75, 3.05) is 5.32 Å². The molecule has 2 unspecified atom stereocenters. The maximum atomic E-state index is 14.1. The van der Waals surface area contributed by atoms with E-state index >= 15 is 0 Å². The lowest BCUT2D eigenvalue weighted by Crippen LogP contribution is -2.41. The summed E-state index contributed by atoms with van der Waals surface area (Å²) in [4.78, 5) is 37.1. The van der Waals surface area contributed by atoms with Crippen molar-refractivity contribution >= 4 is 23.4 Å². The van der Waals surface area contributed by atoms with E-state index in [9.17, 15) is 45.1 Å². The Morgan fingerprint density at radius 3 is 2.24 bits per heavy atom. The van der Waals surface area contributed by atoms with Crippen LogP contribution in [0.1, 0.15) is 49.8 Å². The van der Waals surface area contributed by atoms with Crippen LogP contribution >= 0.6 is 0 Å². The average molecular weight is 549 g/mol. The number of hydrogen-bond donors (Lipinski definition) is 3. The molecule has 0 saturated heterocycles. The minimum atomic E-state index is -4.54. The maximum absolute atomic E-state index is 14.1. The molecule has 0 spiro atoms. The van der Waals surface area contributed by atoms with Crippen LogP contribution in [0.5, 0.6) is 0 Å². The quantitative estimate of drug-likeness (QED) is 0.403. The van der Waals surface area contributed by atoms with Gasteiger partial charge in [-0.25, -0.2) is 4.39 Å². The van der Waals surface area contributed by atoms with Crippen LogP contribution in [0.3, 0.4) is 0 Å². The Kier molecular flexibility index (Phi) is 9.87. The van der Waals surface area contributed by atoms with Crippen molar-refractivity contribution in [3.8, 4) is 11.1 Å². The van der Waals surface area contributed by atoms with Gasteiger partial charge in [-0.2, -0.15) is 26.3 Å². The summed E-state index contributed by atoms with van der Waals surface area (Å²) in [5.74, 6) is -4.64. The molecular formula is C25H26F7N3O3. The number of nitrogens with one attached hydrogen (secondary N) is 2. The van der Waals surface area contributed by atoms with Crippen LogP contribution in [0.2, 0.25) is 0 Å². The molecule has 0 fully saturated rings. The molecule has 3 rings (SSSR count). The number of amides is 3. The molecule has 38 heavy (non-hydrogen) atoms. The van der Waals surface area contributed by atoms with Crippen LogP contribution in [-0.4, -0.2) is 30.1 Å². The highest BCUT2D eigenvalue weighted by molar-refractivity contribution is 6.05. The van der Waals surface area contributed by atoms with Gasteiger partial charge in [0.1, 0.15) is 11.9 Å². The summed E-state index contributed by atoms with van der Waals surface area (Å²) in [6.07, 6.45) is -11.8. The second-order valence-corrected chi connectivity index (χ2v) is 8.65. The lowest BCUT2D eigenvalue weighted by molar-refractivity contribution is -0.143. The smallest absolute Gasteiger partial charge is 0.370 e. The summed E-state index contributed by atoms with van der Waals surface area (Å²) in [6, 6.07) is 7.62. The second-order valence-electron chi connectivity index (χ2n) is 8.65. The van der Waals surface area contributed by atoms with Gasteiger partial charge in [0.05, 0.1) is 5.69 Å². The molecule has 13 heteroatoms. The summed E-state index contributed by atoms with van der Waals surface area (Å²) >= 11 is 0. The summed E-state index contributed by atoms with van der Waals surface area (Å²) in [5, 5.41) is 5.10. The number of benzene rings is 2. The second kappa shape index (κ2) is 12.3. The van der Waals surface area contributed by atoms with Crippen LogP contribution in [-0.2, 0) is 14.4 Å². The lowest BCUT2D eigenvalue weighted by Gasteiger charge is -2.22. The van der Waals surface area contributed by atoms with Crippen LogP contribution in [0.4, 0.5) is 36.4 Å². The first-order valence-electron chi connectivity index (χ1n) is 11.4. The Labute approximate surface area is 213 Å². The SMILES string of the molecule is CCC(F)(F)F.Cc1cccc2c1NC(=O)C(NC(=O)C(CCC(F)(F)F)CC(N)=O)c1cc(F)ccc1-2. The Hall–Kier alpha value is -3.64. The number of alkyl halides is 6. The maximum Gasteiger partial charge on any atom is 0.389 e. The number of halogens is 7. The van der Waals surface area contributed by atoms with Crippen LogP contribution in [0.25, 0.3) is 11.1 Å². The number of fused-ring (bicyclic) bond motifs is 3. The first-order chi connectivity index (χ1) is 17.5. The normalized spacial score (nSPS) is 15.6. The minimum Gasteiger partial charge on any atom is -0.370 e. The van der Waals surface area contributed by atoms with E-state index in [0.29, 0.717) is 16.8 Å². The Bertz CT molecular complexity index is 1180. The van der Waals surface area contributed by atoms with Gasteiger partial charge in [0.15, 0.2) is 0 Å². The van der Waals surface area contributed by atoms with Crippen LogP contribution in [0, 0.1) is 18.7 Å². The summed E-state index contributed by atoms with van der Waals surface area (Å²) in [6.45, 7) is 2.85. The zero-order valence-corrected chi connectivity index (χ0v) is 20.4. The van der Waals surface area contributed by atoms with Crippen molar-refractivity contribution in [2.24, 2.45) is 11.7 Å². The molecule has 2 aromatic rings. The van der Waals surface area contributed by atoms with Gasteiger partial charge in [-0.3, -0.25) is 14.4 Å². The molecule has 0 aromatic heterocycles. The third-order valence-electron chi connectivity index (χ3n) is 5.68. The van der Waals surface area contributed by atoms with Crippen molar-refractivity contribution in [1.82, 2.24) is 5.32 Å². The highest BCUT2D eigenvalue weighted by atomic mass is 19.4. The topological polar surface area (TPSA) is 101 Å². The largest absolute Gasteiger partial charge is 0.389 e. The van der Waals surface area contributed by atoms with E-state index < -0.39 is 73.5 Å². The minimum absolute atomic E-state index is 0.147. The highest BCUT2D eigenvalue weighted by Gasteiger charge is 2.35.